The fourth-order valence-electron chi connectivity index (χ4n) is 1.53. The van der Waals surface area contributed by atoms with Crippen LogP contribution in [0.2, 0.25) is 0 Å². The summed E-state index contributed by atoms with van der Waals surface area (Å²) in [5, 5.41) is 0. The van der Waals surface area contributed by atoms with Gasteiger partial charge in [-0.25, -0.2) is 8.78 Å². The third-order valence-corrected chi connectivity index (χ3v) is 2.35. The summed E-state index contributed by atoms with van der Waals surface area (Å²) in [6.45, 7) is 2.79. The van der Waals surface area contributed by atoms with E-state index in [0.29, 0.717) is 6.42 Å². The molecule has 0 N–H and O–H groups in total. The van der Waals surface area contributed by atoms with Crippen LogP contribution in [-0.4, -0.2) is 5.92 Å². The van der Waals surface area contributed by atoms with Gasteiger partial charge in [0.25, 0.3) is 0 Å². The van der Waals surface area contributed by atoms with Crippen LogP contribution < -0.4 is 0 Å². The van der Waals surface area contributed by atoms with Crippen molar-refractivity contribution < 1.29 is 8.78 Å². The molecule has 0 spiro atoms. The largest absolute Gasteiger partial charge is 0.248 e. The predicted octanol–water partition coefficient (Wildman–Crippen LogP) is 4.26. The van der Waals surface area contributed by atoms with Gasteiger partial charge in [0.15, 0.2) is 0 Å². The van der Waals surface area contributed by atoms with Crippen LogP contribution in [0, 0.1) is 6.92 Å². The molecule has 0 saturated heterocycles. The minimum absolute atomic E-state index is 0.0954. The van der Waals surface area contributed by atoms with Crippen molar-refractivity contribution in [2.75, 3.05) is 0 Å². The van der Waals surface area contributed by atoms with Gasteiger partial charge in [-0.05, 0) is 24.8 Å². The summed E-state index contributed by atoms with van der Waals surface area (Å²) in [7, 11) is 0. The number of unbranched alkanes of at least 4 members (excludes halogenated alkanes) is 2. The maximum atomic E-state index is 12.4. The Labute approximate surface area is 90.3 Å². The van der Waals surface area contributed by atoms with Crippen molar-refractivity contribution in [3.8, 4) is 0 Å². The van der Waals surface area contributed by atoms with Crippen LogP contribution >= 0.6 is 0 Å². The van der Waals surface area contributed by atoms with Gasteiger partial charge in [-0.2, -0.15) is 0 Å². The lowest BCUT2D eigenvalue weighted by atomic mass is 10.1. The van der Waals surface area contributed by atoms with E-state index in [9.17, 15) is 8.78 Å². The maximum Gasteiger partial charge on any atom is 0.248 e. The number of hydrogen-bond donors (Lipinski definition) is 0. The van der Waals surface area contributed by atoms with Crippen LogP contribution in [0.15, 0.2) is 30.3 Å². The number of rotatable bonds is 6. The van der Waals surface area contributed by atoms with Crippen LogP contribution in [0.3, 0.4) is 0 Å². The van der Waals surface area contributed by atoms with E-state index in [-0.39, 0.29) is 6.42 Å². The molecule has 0 aromatic heterocycles. The van der Waals surface area contributed by atoms with Crippen molar-refractivity contribution in [1.29, 1.82) is 0 Å². The molecule has 0 aliphatic heterocycles. The molecule has 15 heavy (non-hydrogen) atoms. The maximum absolute atomic E-state index is 12.4. The van der Waals surface area contributed by atoms with E-state index in [4.69, 9.17) is 0 Å². The minimum Gasteiger partial charge on any atom is -0.207 e. The molecule has 83 valence electrons. The molecule has 1 aromatic rings. The highest BCUT2D eigenvalue weighted by molar-refractivity contribution is 5.14. The summed E-state index contributed by atoms with van der Waals surface area (Å²) in [5.41, 5.74) is 1.28. The number of alkyl halides is 2. The number of aryl methyl sites for hydroxylation is 1. The van der Waals surface area contributed by atoms with E-state index >= 15 is 0 Å². The van der Waals surface area contributed by atoms with Gasteiger partial charge < -0.3 is 0 Å². The number of hydrogen-bond acceptors (Lipinski definition) is 0. The summed E-state index contributed by atoms with van der Waals surface area (Å²) in [6, 6.07) is 10.1. The van der Waals surface area contributed by atoms with E-state index in [1.165, 1.54) is 5.56 Å². The lowest BCUT2D eigenvalue weighted by molar-refractivity contribution is 0.0395. The molecule has 0 atom stereocenters. The van der Waals surface area contributed by atoms with Gasteiger partial charge in [0.05, 0.1) is 0 Å². The molecule has 0 aliphatic rings. The average Bonchev–Trinajstić information content (AvgIpc) is 2.17. The first kappa shape index (κ1) is 12.2. The Balaban J connectivity index is 2.08. The van der Waals surface area contributed by atoms with E-state index in [1.54, 1.807) is 0 Å². The monoisotopic (exact) mass is 211 g/mol. The zero-order valence-electron chi connectivity index (χ0n) is 8.89. The lowest BCUT2D eigenvalue weighted by Crippen LogP contribution is -2.09. The second-order valence-corrected chi connectivity index (χ2v) is 3.90. The van der Waals surface area contributed by atoms with Gasteiger partial charge in [0, 0.05) is 13.3 Å². The fraction of sp³-hybridized carbons (Fsp3) is 0.462. The van der Waals surface area contributed by atoms with Gasteiger partial charge in [-0.15, -0.1) is 0 Å². The van der Waals surface area contributed by atoms with Gasteiger partial charge in [0.2, 0.25) is 5.92 Å². The summed E-state index contributed by atoms with van der Waals surface area (Å²) >= 11 is 0. The highest BCUT2D eigenvalue weighted by Crippen LogP contribution is 2.20. The Morgan fingerprint density at radius 3 is 2.27 bits per heavy atom. The molecule has 0 saturated carbocycles. The second-order valence-electron chi connectivity index (χ2n) is 3.90. The van der Waals surface area contributed by atoms with Crippen molar-refractivity contribution >= 4 is 0 Å². The Morgan fingerprint density at radius 1 is 1.00 bits per heavy atom. The fourth-order valence-corrected chi connectivity index (χ4v) is 1.53. The van der Waals surface area contributed by atoms with E-state index in [1.807, 2.05) is 18.2 Å². The van der Waals surface area contributed by atoms with Gasteiger partial charge in [-0.3, -0.25) is 0 Å². The summed E-state index contributed by atoms with van der Waals surface area (Å²) in [5.74, 6) is -2.74. The molecule has 0 aliphatic carbocycles. The summed E-state index contributed by atoms with van der Waals surface area (Å²) in [6.07, 6.45) is 3.26. The van der Waals surface area contributed by atoms with E-state index in [2.05, 4.69) is 19.1 Å². The SMILES string of the molecule is [CH2]C(F)(F)CCCCCc1ccccc1. The molecule has 1 radical (unpaired) electrons. The normalized spacial score (nSPS) is 11.7. The lowest BCUT2D eigenvalue weighted by Gasteiger charge is -2.08. The first-order valence-corrected chi connectivity index (χ1v) is 5.35. The summed E-state index contributed by atoms with van der Waals surface area (Å²) < 4.78 is 24.7. The minimum atomic E-state index is -2.74. The van der Waals surface area contributed by atoms with Crippen molar-refractivity contribution in [3.05, 3.63) is 42.8 Å². The van der Waals surface area contributed by atoms with Gasteiger partial charge in [-0.1, -0.05) is 36.8 Å². The number of halogens is 2. The van der Waals surface area contributed by atoms with Gasteiger partial charge >= 0.3 is 0 Å². The first-order valence-electron chi connectivity index (χ1n) is 5.35. The Kier molecular flexibility index (Phi) is 4.73. The molecule has 0 bridgehead atoms. The van der Waals surface area contributed by atoms with Gasteiger partial charge in [0.1, 0.15) is 0 Å². The predicted molar refractivity (Wildman–Crippen MR) is 58.9 cm³/mol. The molecule has 0 amide bonds. The quantitative estimate of drug-likeness (QED) is 0.617. The molecule has 0 nitrogen and oxygen atoms in total. The first-order chi connectivity index (χ1) is 7.08. The van der Waals surface area contributed by atoms with Crippen LogP contribution in [-0.2, 0) is 6.42 Å². The third kappa shape index (κ3) is 6.21. The third-order valence-electron chi connectivity index (χ3n) is 2.35. The highest BCUT2D eigenvalue weighted by atomic mass is 19.3. The standard InChI is InChI=1S/C13H17F2/c1-13(14,15)11-7-3-6-10-12-8-4-2-5-9-12/h2,4-5,8-9H,1,3,6-7,10-11H2. The Bertz CT molecular complexity index is 262. The molecule has 0 unspecified atom stereocenters. The molecular weight excluding hydrogens is 194 g/mol. The average molecular weight is 211 g/mol. The summed E-state index contributed by atoms with van der Waals surface area (Å²) in [4.78, 5) is 0. The zero-order valence-corrected chi connectivity index (χ0v) is 8.89. The van der Waals surface area contributed by atoms with E-state index in [0.717, 1.165) is 19.3 Å². The van der Waals surface area contributed by atoms with Crippen LogP contribution in [0.25, 0.3) is 0 Å². The smallest absolute Gasteiger partial charge is 0.207 e. The zero-order chi connectivity index (χ0) is 11.1. The molecule has 0 fully saturated rings. The topological polar surface area (TPSA) is 0 Å². The van der Waals surface area contributed by atoms with Crippen LogP contribution in [0.5, 0.6) is 0 Å². The van der Waals surface area contributed by atoms with Crippen molar-refractivity contribution in [2.45, 2.75) is 38.0 Å². The molecule has 2 heteroatoms. The van der Waals surface area contributed by atoms with Crippen molar-refractivity contribution in [2.24, 2.45) is 0 Å². The molecular formula is C13H17F2. The molecule has 0 heterocycles. The van der Waals surface area contributed by atoms with Crippen LogP contribution in [0.1, 0.15) is 31.2 Å². The van der Waals surface area contributed by atoms with Crippen molar-refractivity contribution in [1.82, 2.24) is 0 Å². The number of benzene rings is 1. The van der Waals surface area contributed by atoms with Crippen molar-refractivity contribution in [3.63, 3.8) is 0 Å². The Morgan fingerprint density at radius 2 is 1.67 bits per heavy atom. The molecule has 1 rings (SSSR count). The van der Waals surface area contributed by atoms with E-state index < -0.39 is 5.92 Å². The Hall–Kier alpha value is -0.920. The molecule has 1 aromatic carbocycles. The van der Waals surface area contributed by atoms with Crippen LogP contribution in [0.4, 0.5) is 8.78 Å². The second kappa shape index (κ2) is 5.84. The highest BCUT2D eigenvalue weighted by Gasteiger charge is 2.19.